The van der Waals surface area contributed by atoms with Crippen molar-refractivity contribution in [1.82, 2.24) is 20.6 Å². The van der Waals surface area contributed by atoms with Crippen molar-refractivity contribution in [3.8, 4) is 10.9 Å². The van der Waals surface area contributed by atoms with E-state index in [4.69, 9.17) is 4.74 Å². The fraction of sp³-hybridized carbons (Fsp3) is 0.429. The Labute approximate surface area is 163 Å². The number of ether oxygens (including phenoxy) is 1. The number of pyridine rings is 1. The van der Waals surface area contributed by atoms with Crippen LogP contribution in [0.25, 0.3) is 10.3 Å². The van der Waals surface area contributed by atoms with Crippen molar-refractivity contribution in [2.45, 2.75) is 57.3 Å². The van der Waals surface area contributed by atoms with Crippen LogP contribution in [0.15, 0.2) is 36.5 Å². The molecule has 2 unspecified atom stereocenters. The Balaban J connectivity index is 1.19. The molecular weight excluding hydrogens is 356 g/mol. The van der Waals surface area contributed by atoms with Crippen LogP contribution in [0.2, 0.25) is 0 Å². The fourth-order valence-corrected chi connectivity index (χ4v) is 5.10. The van der Waals surface area contributed by atoms with Gasteiger partial charge < -0.3 is 15.4 Å². The number of nitrogens with zero attached hydrogens (tertiary/aromatic N) is 2. The molecule has 4 heterocycles. The van der Waals surface area contributed by atoms with Crippen LogP contribution in [0.1, 0.15) is 36.8 Å². The molecule has 2 fully saturated rings. The van der Waals surface area contributed by atoms with E-state index in [1.54, 1.807) is 0 Å². The van der Waals surface area contributed by atoms with Gasteiger partial charge in [0.05, 0.1) is 4.70 Å². The summed E-state index contributed by atoms with van der Waals surface area (Å²) in [5.74, 6) is 0.814. The van der Waals surface area contributed by atoms with E-state index in [2.05, 4.69) is 38.8 Å². The van der Waals surface area contributed by atoms with Gasteiger partial charge in [0.25, 0.3) is 5.19 Å². The first kappa shape index (κ1) is 17.1. The second-order valence-electron chi connectivity index (χ2n) is 7.75. The molecule has 2 saturated heterocycles. The van der Waals surface area contributed by atoms with Gasteiger partial charge in [-0.05, 0) is 61.9 Å². The van der Waals surface area contributed by atoms with Crippen LogP contribution >= 0.6 is 11.3 Å². The zero-order chi connectivity index (χ0) is 18.2. The Morgan fingerprint density at radius 1 is 1.19 bits per heavy atom. The third-order valence-electron chi connectivity index (χ3n) is 5.56. The number of thiazole rings is 1. The molecule has 140 valence electrons. The Hall–Kier alpha value is -2.02. The maximum Gasteiger partial charge on any atom is 0.281 e. The van der Waals surface area contributed by atoms with Crippen molar-refractivity contribution in [2.24, 2.45) is 0 Å². The summed E-state index contributed by atoms with van der Waals surface area (Å²) in [6, 6.07) is 12.5. The second-order valence-corrected chi connectivity index (χ2v) is 8.74. The average Bonchev–Trinajstić information content (AvgIpc) is 3.22. The molecule has 2 atom stereocenters. The van der Waals surface area contributed by atoms with E-state index < -0.39 is 0 Å². The second kappa shape index (κ2) is 7.19. The number of aryl methyl sites for hydroxylation is 1. The highest BCUT2D eigenvalue weighted by atomic mass is 32.1. The molecule has 0 saturated carbocycles. The summed E-state index contributed by atoms with van der Waals surface area (Å²) in [5, 5.41) is 8.07. The SMILES string of the molecule is Cc1cnc2nc(Oc3ccc(CNC4CC5CCC(C4)N5)cc3)sc2c1. The molecule has 0 amide bonds. The monoisotopic (exact) mass is 380 g/mol. The molecule has 5 nitrogen and oxygen atoms in total. The predicted octanol–water partition coefficient (Wildman–Crippen LogP) is 4.16. The summed E-state index contributed by atoms with van der Waals surface area (Å²) >= 11 is 1.53. The van der Waals surface area contributed by atoms with Crippen LogP contribution in [0.5, 0.6) is 10.9 Å². The maximum absolute atomic E-state index is 5.93. The van der Waals surface area contributed by atoms with E-state index in [1.807, 2.05) is 25.3 Å². The number of rotatable bonds is 5. The quantitative estimate of drug-likeness (QED) is 0.696. The minimum absolute atomic E-state index is 0.637. The molecule has 2 aliphatic heterocycles. The van der Waals surface area contributed by atoms with E-state index in [1.165, 1.54) is 42.6 Å². The number of hydrogen-bond donors (Lipinski definition) is 2. The molecule has 2 aromatic heterocycles. The topological polar surface area (TPSA) is 59.1 Å². The third-order valence-corrected chi connectivity index (χ3v) is 6.43. The van der Waals surface area contributed by atoms with Gasteiger partial charge >= 0.3 is 0 Å². The highest BCUT2D eigenvalue weighted by molar-refractivity contribution is 7.20. The lowest BCUT2D eigenvalue weighted by Gasteiger charge is -2.29. The minimum Gasteiger partial charge on any atom is -0.431 e. The standard InChI is InChI=1S/C21H24N4OS/c1-13-8-19-20(23-11-13)25-21(27-19)26-18-6-2-14(3-7-18)12-22-17-9-15-4-5-16(10-17)24-15/h2-3,6-8,11,15-17,22,24H,4-5,9-10,12H2,1H3. The Morgan fingerprint density at radius 2 is 1.96 bits per heavy atom. The first-order valence-electron chi connectivity index (χ1n) is 9.71. The molecule has 5 rings (SSSR count). The van der Waals surface area contributed by atoms with Crippen LogP contribution in [0.3, 0.4) is 0 Å². The largest absolute Gasteiger partial charge is 0.431 e. The molecule has 3 aromatic rings. The average molecular weight is 381 g/mol. The number of hydrogen-bond acceptors (Lipinski definition) is 6. The molecule has 0 radical (unpaired) electrons. The molecule has 0 spiro atoms. The van der Waals surface area contributed by atoms with Crippen molar-refractivity contribution >= 4 is 21.7 Å². The van der Waals surface area contributed by atoms with E-state index in [-0.39, 0.29) is 0 Å². The summed E-state index contributed by atoms with van der Waals surface area (Å²) in [7, 11) is 0. The molecule has 2 bridgehead atoms. The van der Waals surface area contributed by atoms with E-state index in [0.717, 1.165) is 40.3 Å². The highest BCUT2D eigenvalue weighted by Crippen LogP contribution is 2.31. The third kappa shape index (κ3) is 3.83. The molecule has 2 aliphatic rings. The number of nitrogens with one attached hydrogen (secondary N) is 2. The number of benzene rings is 1. The number of fused-ring (bicyclic) bond motifs is 3. The van der Waals surface area contributed by atoms with Crippen molar-refractivity contribution in [2.75, 3.05) is 0 Å². The predicted molar refractivity (Wildman–Crippen MR) is 108 cm³/mol. The van der Waals surface area contributed by atoms with E-state index >= 15 is 0 Å². The first-order chi connectivity index (χ1) is 13.2. The fourth-order valence-electron chi connectivity index (χ4n) is 4.20. The van der Waals surface area contributed by atoms with E-state index in [0.29, 0.717) is 11.2 Å². The molecule has 6 heteroatoms. The summed E-state index contributed by atoms with van der Waals surface area (Å²) in [6.07, 6.45) is 7.03. The Kier molecular flexibility index (Phi) is 4.55. The summed E-state index contributed by atoms with van der Waals surface area (Å²) in [4.78, 5) is 8.80. The number of piperidine rings is 1. The van der Waals surface area contributed by atoms with Crippen molar-refractivity contribution in [1.29, 1.82) is 0 Å². The van der Waals surface area contributed by atoms with Crippen LogP contribution in [0.4, 0.5) is 0 Å². The van der Waals surface area contributed by atoms with Gasteiger partial charge in [0.2, 0.25) is 0 Å². The van der Waals surface area contributed by atoms with Gasteiger partial charge in [-0.15, -0.1) is 0 Å². The van der Waals surface area contributed by atoms with Crippen molar-refractivity contribution in [3.63, 3.8) is 0 Å². The summed E-state index contributed by atoms with van der Waals surface area (Å²) in [6.45, 7) is 2.95. The Bertz CT molecular complexity index is 927. The van der Waals surface area contributed by atoms with Gasteiger partial charge in [0, 0.05) is 30.9 Å². The first-order valence-corrected chi connectivity index (χ1v) is 10.5. The van der Waals surface area contributed by atoms with Gasteiger partial charge in [-0.25, -0.2) is 4.98 Å². The zero-order valence-electron chi connectivity index (χ0n) is 15.4. The Morgan fingerprint density at radius 3 is 2.74 bits per heavy atom. The normalized spacial score (nSPS) is 24.4. The van der Waals surface area contributed by atoms with Crippen LogP contribution in [0, 0.1) is 6.92 Å². The smallest absolute Gasteiger partial charge is 0.281 e. The molecular formula is C21H24N4OS. The van der Waals surface area contributed by atoms with Crippen molar-refractivity contribution < 1.29 is 4.74 Å². The zero-order valence-corrected chi connectivity index (χ0v) is 16.3. The van der Waals surface area contributed by atoms with Crippen LogP contribution in [-0.4, -0.2) is 28.1 Å². The molecule has 1 aromatic carbocycles. The van der Waals surface area contributed by atoms with Gasteiger partial charge in [0.1, 0.15) is 5.75 Å². The number of aromatic nitrogens is 2. The lowest BCUT2D eigenvalue weighted by molar-refractivity contribution is 0.316. The highest BCUT2D eigenvalue weighted by Gasteiger charge is 2.32. The summed E-state index contributed by atoms with van der Waals surface area (Å²) in [5.41, 5.74) is 3.17. The molecule has 2 N–H and O–H groups in total. The minimum atomic E-state index is 0.637. The van der Waals surface area contributed by atoms with Gasteiger partial charge in [-0.1, -0.05) is 23.5 Å². The maximum atomic E-state index is 5.93. The van der Waals surface area contributed by atoms with Crippen LogP contribution in [-0.2, 0) is 6.54 Å². The lowest BCUT2D eigenvalue weighted by Crippen LogP contribution is -2.46. The van der Waals surface area contributed by atoms with Crippen molar-refractivity contribution in [3.05, 3.63) is 47.7 Å². The molecule has 0 aliphatic carbocycles. The van der Waals surface area contributed by atoms with E-state index in [9.17, 15) is 0 Å². The molecule has 27 heavy (non-hydrogen) atoms. The summed E-state index contributed by atoms with van der Waals surface area (Å²) < 4.78 is 6.98. The van der Waals surface area contributed by atoms with Crippen LogP contribution < -0.4 is 15.4 Å². The van der Waals surface area contributed by atoms with Gasteiger partial charge in [-0.3, -0.25) is 0 Å². The van der Waals surface area contributed by atoms with Gasteiger partial charge in [-0.2, -0.15) is 4.98 Å². The lowest BCUT2D eigenvalue weighted by atomic mass is 9.99. The van der Waals surface area contributed by atoms with Gasteiger partial charge in [0.15, 0.2) is 5.65 Å².